The second-order valence-corrected chi connectivity index (χ2v) is 4.10. The van der Waals surface area contributed by atoms with Crippen molar-refractivity contribution in [3.8, 4) is 5.75 Å². The molecule has 0 aliphatic carbocycles. The van der Waals surface area contributed by atoms with Gasteiger partial charge in [0.05, 0.1) is 0 Å². The van der Waals surface area contributed by atoms with Crippen LogP contribution in [0.15, 0.2) is 60.7 Å². The summed E-state index contributed by atoms with van der Waals surface area (Å²) in [7, 11) is 0. The van der Waals surface area contributed by atoms with Gasteiger partial charge in [-0.15, -0.1) is 0 Å². The predicted octanol–water partition coefficient (Wildman–Crippen LogP) is 2.75. The zero-order valence-corrected chi connectivity index (χ0v) is 11.1. The second kappa shape index (κ2) is 8.18. The number of carbonyl (C=O) groups excluding carboxylic acids is 1. The number of rotatable bonds is 3. The molecule has 0 N–H and O–H groups in total. The van der Waals surface area contributed by atoms with E-state index in [2.05, 4.69) is 4.18 Å². The summed E-state index contributed by atoms with van der Waals surface area (Å²) in [4.78, 5) is 10.6. The molecule has 1 unspecified atom stereocenters. The monoisotopic (exact) mass is 277 g/mol. The fourth-order valence-corrected chi connectivity index (χ4v) is 1.50. The quantitative estimate of drug-likeness (QED) is 0.639. The van der Waals surface area contributed by atoms with Gasteiger partial charge in [-0.05, 0) is 19.1 Å². The average Bonchev–Trinajstić information content (AvgIpc) is 2.41. The van der Waals surface area contributed by atoms with Gasteiger partial charge in [-0.2, -0.15) is 0 Å². The molecule has 0 saturated heterocycles. The lowest BCUT2D eigenvalue weighted by Crippen LogP contribution is -1.96. The van der Waals surface area contributed by atoms with Crippen LogP contribution in [0.4, 0.5) is 0 Å². The van der Waals surface area contributed by atoms with Crippen LogP contribution in [-0.4, -0.2) is 14.5 Å². The van der Waals surface area contributed by atoms with Gasteiger partial charge >= 0.3 is 0 Å². The highest BCUT2D eigenvalue weighted by atomic mass is 32.2. The molecule has 0 aliphatic rings. The van der Waals surface area contributed by atoms with Crippen molar-refractivity contribution in [2.45, 2.75) is 6.92 Å². The van der Waals surface area contributed by atoms with Gasteiger partial charge in [0.15, 0.2) is 5.78 Å². The Bertz CT molecular complexity index is 526. The first-order valence-electron chi connectivity index (χ1n) is 5.48. The van der Waals surface area contributed by atoms with Crippen LogP contribution in [0.3, 0.4) is 0 Å². The molecule has 0 heterocycles. The summed E-state index contributed by atoms with van der Waals surface area (Å²) in [6.07, 6.45) is 0. The first-order valence-corrected chi connectivity index (χ1v) is 6.48. The standard InChI is InChI=1S/C8H8O.C6H6O3S/c1-7(9)8-5-3-2-4-6-8;7-10(8)9-6-4-2-1-3-5-6/h2-6H,1H3;1-5H,(H,7,8)/p-1. The first-order chi connectivity index (χ1) is 9.09. The van der Waals surface area contributed by atoms with Gasteiger partial charge in [-0.25, -0.2) is 4.21 Å². The zero-order chi connectivity index (χ0) is 14.1. The molecule has 100 valence electrons. The van der Waals surface area contributed by atoms with Crippen LogP contribution in [0.25, 0.3) is 0 Å². The van der Waals surface area contributed by atoms with Crippen molar-refractivity contribution in [2.75, 3.05) is 0 Å². The molecule has 2 aromatic carbocycles. The molecule has 0 amide bonds. The number of carbonyl (C=O) groups is 1. The van der Waals surface area contributed by atoms with Gasteiger partial charge in [-0.3, -0.25) is 4.79 Å². The third kappa shape index (κ3) is 6.49. The van der Waals surface area contributed by atoms with E-state index in [4.69, 9.17) is 0 Å². The van der Waals surface area contributed by atoms with E-state index in [0.717, 1.165) is 5.56 Å². The molecule has 0 aliphatic heterocycles. The summed E-state index contributed by atoms with van der Waals surface area (Å²) in [5, 5.41) is 0. The summed E-state index contributed by atoms with van der Waals surface area (Å²) in [6, 6.07) is 17.5. The van der Waals surface area contributed by atoms with Crippen molar-refractivity contribution in [1.29, 1.82) is 0 Å². The summed E-state index contributed by atoms with van der Waals surface area (Å²) in [6.45, 7) is 1.56. The molecule has 19 heavy (non-hydrogen) atoms. The van der Waals surface area contributed by atoms with E-state index in [0.29, 0.717) is 5.75 Å². The Kier molecular flexibility index (Phi) is 6.49. The summed E-state index contributed by atoms with van der Waals surface area (Å²) in [5.74, 6) is 0.450. The highest BCUT2D eigenvalue weighted by Gasteiger charge is 1.92. The van der Waals surface area contributed by atoms with Gasteiger partial charge in [0.1, 0.15) is 17.1 Å². The van der Waals surface area contributed by atoms with Gasteiger partial charge in [0, 0.05) is 5.56 Å². The number of benzene rings is 2. The van der Waals surface area contributed by atoms with Crippen LogP contribution < -0.4 is 4.18 Å². The van der Waals surface area contributed by atoms with Crippen LogP contribution >= 0.6 is 0 Å². The normalized spacial score (nSPS) is 10.8. The fourth-order valence-electron chi connectivity index (χ4n) is 1.23. The Labute approximate surface area is 114 Å². The minimum atomic E-state index is -2.47. The molecule has 0 saturated carbocycles. The fraction of sp³-hybridized carbons (Fsp3) is 0.0714. The minimum Gasteiger partial charge on any atom is -0.740 e. The van der Waals surface area contributed by atoms with E-state index >= 15 is 0 Å². The Balaban J connectivity index is 0.000000191. The summed E-state index contributed by atoms with van der Waals surface area (Å²) in [5.41, 5.74) is 0.775. The van der Waals surface area contributed by atoms with Gasteiger partial charge in [0.25, 0.3) is 0 Å². The Morgan fingerprint density at radius 2 is 1.47 bits per heavy atom. The number of hydrogen-bond acceptors (Lipinski definition) is 4. The Hall–Kier alpha value is -1.98. The van der Waals surface area contributed by atoms with Gasteiger partial charge < -0.3 is 8.74 Å². The summed E-state index contributed by atoms with van der Waals surface area (Å²) >= 11 is -2.47. The average molecular weight is 277 g/mol. The lowest BCUT2D eigenvalue weighted by atomic mass is 10.2. The predicted molar refractivity (Wildman–Crippen MR) is 72.4 cm³/mol. The lowest BCUT2D eigenvalue weighted by Gasteiger charge is -2.05. The third-order valence-electron chi connectivity index (χ3n) is 2.09. The van der Waals surface area contributed by atoms with Gasteiger partial charge in [0.2, 0.25) is 0 Å². The number of para-hydroxylation sites is 1. The van der Waals surface area contributed by atoms with Crippen LogP contribution in [0, 0.1) is 0 Å². The maximum Gasteiger partial charge on any atom is 0.159 e. The lowest BCUT2D eigenvalue weighted by molar-refractivity contribution is 0.101. The molecule has 2 aromatic rings. The van der Waals surface area contributed by atoms with Crippen molar-refractivity contribution >= 4 is 17.1 Å². The largest absolute Gasteiger partial charge is 0.740 e. The van der Waals surface area contributed by atoms with Gasteiger partial charge in [-0.1, -0.05) is 48.5 Å². The Morgan fingerprint density at radius 3 is 1.84 bits per heavy atom. The molecule has 0 bridgehead atoms. The van der Waals surface area contributed by atoms with Crippen molar-refractivity contribution in [1.82, 2.24) is 0 Å². The molecule has 1 atom stereocenters. The van der Waals surface area contributed by atoms with E-state index in [1.807, 2.05) is 30.3 Å². The maximum atomic E-state index is 10.6. The van der Waals surface area contributed by atoms with E-state index in [9.17, 15) is 13.6 Å². The summed E-state index contributed by atoms with van der Waals surface area (Å²) < 4.78 is 24.2. The van der Waals surface area contributed by atoms with Crippen molar-refractivity contribution < 1.29 is 17.7 Å². The first kappa shape index (κ1) is 15.1. The minimum absolute atomic E-state index is 0.121. The molecule has 0 spiro atoms. The topological polar surface area (TPSA) is 66.4 Å². The number of ketones is 1. The van der Waals surface area contributed by atoms with E-state index in [1.165, 1.54) is 0 Å². The van der Waals surface area contributed by atoms with Crippen LogP contribution in [-0.2, 0) is 11.4 Å². The van der Waals surface area contributed by atoms with Crippen LogP contribution in [0.5, 0.6) is 5.75 Å². The van der Waals surface area contributed by atoms with E-state index in [1.54, 1.807) is 37.3 Å². The number of hydrogen-bond donors (Lipinski definition) is 0. The van der Waals surface area contributed by atoms with Crippen LogP contribution in [0.2, 0.25) is 0 Å². The second-order valence-electron chi connectivity index (χ2n) is 3.52. The molecular formula is C14H13O4S-. The maximum absolute atomic E-state index is 10.6. The highest BCUT2D eigenvalue weighted by molar-refractivity contribution is 7.74. The molecule has 0 radical (unpaired) electrons. The molecule has 4 nitrogen and oxygen atoms in total. The van der Waals surface area contributed by atoms with E-state index < -0.39 is 11.4 Å². The molecule has 0 fully saturated rings. The molecule has 0 aromatic heterocycles. The zero-order valence-electron chi connectivity index (χ0n) is 10.3. The number of Topliss-reactive ketones (excluding diaryl/α,β-unsaturated/α-hetero) is 1. The smallest absolute Gasteiger partial charge is 0.159 e. The molecule has 2 rings (SSSR count). The molecular weight excluding hydrogens is 264 g/mol. The van der Waals surface area contributed by atoms with Crippen LogP contribution in [0.1, 0.15) is 17.3 Å². The molecule has 5 heteroatoms. The van der Waals surface area contributed by atoms with Crippen molar-refractivity contribution in [3.05, 3.63) is 66.2 Å². The van der Waals surface area contributed by atoms with Crippen molar-refractivity contribution in [3.63, 3.8) is 0 Å². The Morgan fingerprint density at radius 1 is 1.00 bits per heavy atom. The SMILES string of the molecule is CC(=O)c1ccccc1.O=S([O-])Oc1ccccc1. The highest BCUT2D eigenvalue weighted by Crippen LogP contribution is 2.08. The third-order valence-corrected chi connectivity index (χ3v) is 2.42. The van der Waals surface area contributed by atoms with Crippen molar-refractivity contribution in [2.24, 2.45) is 0 Å². The van der Waals surface area contributed by atoms with E-state index in [-0.39, 0.29) is 5.78 Å².